The van der Waals surface area contributed by atoms with Gasteiger partial charge < -0.3 is 19.6 Å². The maximum atomic E-state index is 12.2. The van der Waals surface area contributed by atoms with Gasteiger partial charge in [0.05, 0.1) is 0 Å². The number of carbonyl (C=O) groups is 1. The van der Waals surface area contributed by atoms with Crippen LogP contribution < -0.4 is 5.32 Å². The first-order chi connectivity index (χ1) is 10.7. The van der Waals surface area contributed by atoms with E-state index in [1.54, 1.807) is 0 Å². The van der Waals surface area contributed by atoms with Crippen molar-refractivity contribution in [2.24, 2.45) is 0 Å². The van der Waals surface area contributed by atoms with Crippen LogP contribution in [0.25, 0.3) is 0 Å². The zero-order valence-corrected chi connectivity index (χ0v) is 14.5. The van der Waals surface area contributed by atoms with Gasteiger partial charge in [-0.15, -0.1) is 12.4 Å². The number of amides is 1. The smallest absolute Gasteiger partial charge is 0.229 e. The Bertz CT molecular complexity index is 496. The van der Waals surface area contributed by atoms with E-state index in [-0.39, 0.29) is 18.3 Å². The number of carbonyl (C=O) groups excluding carboxylic acids is 1. The maximum absolute atomic E-state index is 12.2. The van der Waals surface area contributed by atoms with E-state index in [4.69, 9.17) is 4.52 Å². The van der Waals surface area contributed by atoms with Crippen LogP contribution in [0.1, 0.15) is 36.9 Å². The molecule has 1 amide bonds. The van der Waals surface area contributed by atoms with Crippen molar-refractivity contribution in [3.8, 4) is 0 Å². The summed E-state index contributed by atoms with van der Waals surface area (Å²) in [7, 11) is 0. The second-order valence-corrected chi connectivity index (χ2v) is 6.18. The molecule has 2 aliphatic rings. The highest BCUT2D eigenvalue weighted by atomic mass is 35.5. The second kappa shape index (κ2) is 8.61. The maximum Gasteiger partial charge on any atom is 0.229 e. The molecule has 3 rings (SSSR count). The number of piperazine rings is 1. The first-order valence-corrected chi connectivity index (χ1v) is 8.23. The highest BCUT2D eigenvalue weighted by Crippen LogP contribution is 2.26. The molecule has 0 bridgehead atoms. The minimum Gasteiger partial charge on any atom is -0.340 e. The molecule has 1 N–H and O–H groups in total. The second-order valence-electron chi connectivity index (χ2n) is 6.18. The van der Waals surface area contributed by atoms with Gasteiger partial charge in [0.15, 0.2) is 5.82 Å². The SMILES string of the molecule is Cc1noc(C2CCN(CCC(=O)N3CCNCC3)CC2)n1.Cl. The molecule has 0 atom stereocenters. The molecular formula is C15H26ClN5O2. The summed E-state index contributed by atoms with van der Waals surface area (Å²) in [6.07, 6.45) is 2.69. The monoisotopic (exact) mass is 343 g/mol. The molecule has 7 nitrogen and oxygen atoms in total. The number of aryl methyl sites for hydroxylation is 1. The lowest BCUT2D eigenvalue weighted by molar-refractivity contribution is -0.132. The van der Waals surface area contributed by atoms with Crippen molar-refractivity contribution in [2.75, 3.05) is 45.8 Å². The molecule has 2 fully saturated rings. The molecule has 0 radical (unpaired) electrons. The third kappa shape index (κ3) is 4.89. The fraction of sp³-hybridized carbons (Fsp3) is 0.800. The van der Waals surface area contributed by atoms with E-state index in [1.807, 2.05) is 11.8 Å². The molecule has 2 aliphatic heterocycles. The Morgan fingerprint density at radius 1 is 1.26 bits per heavy atom. The first-order valence-electron chi connectivity index (χ1n) is 8.23. The van der Waals surface area contributed by atoms with Crippen LogP contribution in [-0.4, -0.2) is 71.7 Å². The largest absolute Gasteiger partial charge is 0.340 e. The van der Waals surface area contributed by atoms with E-state index in [9.17, 15) is 4.79 Å². The third-order valence-electron chi connectivity index (χ3n) is 4.59. The fourth-order valence-corrected chi connectivity index (χ4v) is 3.21. The Labute approximate surface area is 143 Å². The molecule has 23 heavy (non-hydrogen) atoms. The van der Waals surface area contributed by atoms with Crippen molar-refractivity contribution in [3.05, 3.63) is 11.7 Å². The van der Waals surface area contributed by atoms with Gasteiger partial charge in [-0.3, -0.25) is 4.79 Å². The zero-order chi connectivity index (χ0) is 15.4. The number of aromatic nitrogens is 2. The van der Waals surface area contributed by atoms with Crippen LogP contribution in [0.15, 0.2) is 4.52 Å². The summed E-state index contributed by atoms with van der Waals surface area (Å²) in [6, 6.07) is 0. The number of likely N-dealkylation sites (tertiary alicyclic amines) is 1. The van der Waals surface area contributed by atoms with Crippen molar-refractivity contribution < 1.29 is 9.32 Å². The summed E-state index contributed by atoms with van der Waals surface area (Å²) in [6.45, 7) is 8.24. The summed E-state index contributed by atoms with van der Waals surface area (Å²) in [5, 5.41) is 7.14. The van der Waals surface area contributed by atoms with E-state index in [1.165, 1.54) is 0 Å². The van der Waals surface area contributed by atoms with Crippen molar-refractivity contribution in [2.45, 2.75) is 32.1 Å². The van der Waals surface area contributed by atoms with E-state index < -0.39 is 0 Å². The van der Waals surface area contributed by atoms with Gasteiger partial charge in [-0.1, -0.05) is 5.16 Å². The molecule has 0 aromatic carbocycles. The Morgan fingerprint density at radius 3 is 2.57 bits per heavy atom. The number of nitrogens with zero attached hydrogens (tertiary/aromatic N) is 4. The highest BCUT2D eigenvalue weighted by Gasteiger charge is 2.25. The van der Waals surface area contributed by atoms with Gasteiger partial charge in [0.2, 0.25) is 11.8 Å². The van der Waals surface area contributed by atoms with Gasteiger partial charge in [0.1, 0.15) is 0 Å². The number of hydrogen-bond donors (Lipinski definition) is 1. The van der Waals surface area contributed by atoms with Crippen LogP contribution in [0.5, 0.6) is 0 Å². The average molecular weight is 344 g/mol. The van der Waals surface area contributed by atoms with Gasteiger partial charge in [-0.2, -0.15) is 4.98 Å². The lowest BCUT2D eigenvalue weighted by Crippen LogP contribution is -2.47. The standard InChI is InChI=1S/C15H25N5O2.ClH/c1-12-17-15(22-18-12)13-2-7-19(8-3-13)9-4-14(21)20-10-5-16-6-11-20;/h13,16H,2-11H2,1H3;1H. The molecule has 1 aromatic heterocycles. The summed E-state index contributed by atoms with van der Waals surface area (Å²) in [5.74, 6) is 2.14. The summed E-state index contributed by atoms with van der Waals surface area (Å²) in [4.78, 5) is 20.9. The quantitative estimate of drug-likeness (QED) is 0.871. The topological polar surface area (TPSA) is 74.5 Å². The van der Waals surface area contributed by atoms with E-state index in [2.05, 4.69) is 20.4 Å². The van der Waals surface area contributed by atoms with Crippen LogP contribution in [0.2, 0.25) is 0 Å². The molecule has 0 aliphatic carbocycles. The van der Waals surface area contributed by atoms with Gasteiger partial charge in [0, 0.05) is 45.1 Å². The Kier molecular flexibility index (Phi) is 6.80. The van der Waals surface area contributed by atoms with Gasteiger partial charge in [-0.25, -0.2) is 0 Å². The fourth-order valence-electron chi connectivity index (χ4n) is 3.21. The van der Waals surface area contributed by atoms with E-state index in [0.29, 0.717) is 18.2 Å². The molecule has 0 spiro atoms. The predicted molar refractivity (Wildman–Crippen MR) is 88.8 cm³/mol. The highest BCUT2D eigenvalue weighted by molar-refractivity contribution is 5.85. The van der Waals surface area contributed by atoms with Gasteiger partial charge in [0.25, 0.3) is 0 Å². The summed E-state index contributed by atoms with van der Waals surface area (Å²) < 4.78 is 5.27. The molecule has 130 valence electrons. The van der Waals surface area contributed by atoms with Crippen LogP contribution in [0.3, 0.4) is 0 Å². The third-order valence-corrected chi connectivity index (χ3v) is 4.59. The van der Waals surface area contributed by atoms with E-state index in [0.717, 1.165) is 64.5 Å². The summed E-state index contributed by atoms with van der Waals surface area (Å²) >= 11 is 0. The first kappa shape index (κ1) is 18.2. The van der Waals surface area contributed by atoms with Crippen molar-refractivity contribution in [1.82, 2.24) is 25.3 Å². The molecule has 1 aromatic rings. The summed E-state index contributed by atoms with van der Waals surface area (Å²) in [5.41, 5.74) is 0. The number of rotatable bonds is 4. The Morgan fingerprint density at radius 2 is 1.96 bits per heavy atom. The molecular weight excluding hydrogens is 318 g/mol. The van der Waals surface area contributed by atoms with Gasteiger partial charge in [-0.05, 0) is 32.9 Å². The zero-order valence-electron chi connectivity index (χ0n) is 13.7. The normalized spacial score (nSPS) is 20.3. The van der Waals surface area contributed by atoms with Crippen LogP contribution in [0, 0.1) is 6.92 Å². The number of piperidine rings is 1. The lowest BCUT2D eigenvalue weighted by atomic mass is 9.96. The number of nitrogens with one attached hydrogen (secondary N) is 1. The average Bonchev–Trinajstić information content (AvgIpc) is 3.00. The lowest BCUT2D eigenvalue weighted by Gasteiger charge is -2.32. The Balaban J connectivity index is 0.00000192. The van der Waals surface area contributed by atoms with E-state index >= 15 is 0 Å². The molecule has 0 saturated carbocycles. The molecule has 3 heterocycles. The van der Waals surface area contributed by atoms with Crippen molar-refractivity contribution in [3.63, 3.8) is 0 Å². The Hall–Kier alpha value is -1.18. The molecule has 8 heteroatoms. The van der Waals surface area contributed by atoms with Gasteiger partial charge >= 0.3 is 0 Å². The van der Waals surface area contributed by atoms with Crippen LogP contribution >= 0.6 is 12.4 Å². The number of halogens is 1. The van der Waals surface area contributed by atoms with Crippen LogP contribution in [-0.2, 0) is 4.79 Å². The minimum absolute atomic E-state index is 0. The molecule has 0 unspecified atom stereocenters. The minimum atomic E-state index is 0. The number of hydrogen-bond acceptors (Lipinski definition) is 6. The van der Waals surface area contributed by atoms with Crippen molar-refractivity contribution in [1.29, 1.82) is 0 Å². The predicted octanol–water partition coefficient (Wildman–Crippen LogP) is 0.801. The van der Waals surface area contributed by atoms with Crippen LogP contribution in [0.4, 0.5) is 0 Å². The molecule has 2 saturated heterocycles. The van der Waals surface area contributed by atoms with Crippen molar-refractivity contribution >= 4 is 18.3 Å².